The highest BCUT2D eigenvalue weighted by molar-refractivity contribution is 5.94. The number of nitrogens with one attached hydrogen (secondary N) is 1. The monoisotopic (exact) mass is 303 g/mol. The fourth-order valence-electron chi connectivity index (χ4n) is 2.22. The summed E-state index contributed by atoms with van der Waals surface area (Å²) in [6.07, 6.45) is -0.902. The van der Waals surface area contributed by atoms with Crippen LogP contribution in [0.5, 0.6) is 0 Å². The Hall–Kier alpha value is -1.59. The first-order valence-corrected chi connectivity index (χ1v) is 6.99. The summed E-state index contributed by atoms with van der Waals surface area (Å²) in [5, 5.41) is 2.63. The molecular weight excluding hydrogens is 286 g/mol. The highest BCUT2D eigenvalue weighted by Gasteiger charge is 2.32. The van der Waals surface area contributed by atoms with Crippen molar-refractivity contribution in [1.82, 2.24) is 5.32 Å². The Morgan fingerprint density at radius 3 is 2.57 bits per heavy atom. The first kappa shape index (κ1) is 15.8. The van der Waals surface area contributed by atoms with Gasteiger partial charge in [0.1, 0.15) is 5.82 Å². The minimum absolute atomic E-state index is 0.126. The topological polar surface area (TPSA) is 29.1 Å². The van der Waals surface area contributed by atoms with E-state index in [2.05, 4.69) is 5.32 Å². The summed E-state index contributed by atoms with van der Waals surface area (Å²) >= 11 is 0. The Bertz CT molecular complexity index is 523. The van der Waals surface area contributed by atoms with Crippen LogP contribution in [0.25, 0.3) is 0 Å². The molecule has 0 bridgehead atoms. The van der Waals surface area contributed by atoms with Gasteiger partial charge < -0.3 is 5.32 Å². The molecule has 0 heterocycles. The maximum Gasteiger partial charge on any atom is 0.416 e. The lowest BCUT2D eigenvalue weighted by atomic mass is 10.1. The summed E-state index contributed by atoms with van der Waals surface area (Å²) in [6, 6.07) is 1.75. The van der Waals surface area contributed by atoms with Gasteiger partial charge in [0, 0.05) is 6.04 Å². The van der Waals surface area contributed by atoms with Gasteiger partial charge in [0.2, 0.25) is 0 Å². The molecule has 0 spiro atoms. The van der Waals surface area contributed by atoms with Crippen molar-refractivity contribution < 1.29 is 22.4 Å². The van der Waals surface area contributed by atoms with Gasteiger partial charge in [-0.05, 0) is 37.0 Å². The smallest absolute Gasteiger partial charge is 0.349 e. The largest absolute Gasteiger partial charge is 0.416 e. The second-order valence-electron chi connectivity index (χ2n) is 5.45. The molecule has 1 N–H and O–H groups in total. The molecule has 1 aromatic rings. The van der Waals surface area contributed by atoms with E-state index in [1.807, 2.05) is 6.92 Å². The molecule has 6 heteroatoms. The van der Waals surface area contributed by atoms with E-state index >= 15 is 0 Å². The number of hydrogen-bond donors (Lipinski definition) is 1. The minimum Gasteiger partial charge on any atom is -0.349 e. The van der Waals surface area contributed by atoms with Gasteiger partial charge in [-0.1, -0.05) is 19.8 Å². The number of hydrogen-bond acceptors (Lipinski definition) is 1. The lowest BCUT2D eigenvalue weighted by Gasteiger charge is -2.17. The first-order valence-electron chi connectivity index (χ1n) is 6.99. The van der Waals surface area contributed by atoms with Gasteiger partial charge in [0.25, 0.3) is 5.91 Å². The van der Waals surface area contributed by atoms with E-state index in [0.717, 1.165) is 19.3 Å². The van der Waals surface area contributed by atoms with Crippen LogP contribution in [-0.4, -0.2) is 11.9 Å². The number of halogens is 4. The molecule has 21 heavy (non-hydrogen) atoms. The van der Waals surface area contributed by atoms with Crippen molar-refractivity contribution in [2.24, 2.45) is 5.92 Å². The SMILES string of the molecule is CCC(CC1CC1)NC(=O)c1cc(C(F)(F)F)ccc1F. The van der Waals surface area contributed by atoms with Crippen LogP contribution in [0.4, 0.5) is 17.6 Å². The number of benzene rings is 1. The molecule has 2 rings (SSSR count). The van der Waals surface area contributed by atoms with E-state index in [-0.39, 0.29) is 6.04 Å². The van der Waals surface area contributed by atoms with Crippen molar-refractivity contribution in [3.8, 4) is 0 Å². The average Bonchev–Trinajstić information content (AvgIpc) is 3.20. The second-order valence-corrected chi connectivity index (χ2v) is 5.45. The van der Waals surface area contributed by atoms with Gasteiger partial charge in [-0.2, -0.15) is 13.2 Å². The van der Waals surface area contributed by atoms with Gasteiger partial charge in [0.15, 0.2) is 0 Å². The van der Waals surface area contributed by atoms with Gasteiger partial charge >= 0.3 is 6.18 Å². The Balaban J connectivity index is 2.13. The number of amides is 1. The highest BCUT2D eigenvalue weighted by Crippen LogP contribution is 2.34. The van der Waals surface area contributed by atoms with Crippen molar-refractivity contribution >= 4 is 5.91 Å². The maximum absolute atomic E-state index is 13.6. The van der Waals surface area contributed by atoms with Crippen LogP contribution >= 0.6 is 0 Å². The average molecular weight is 303 g/mol. The predicted molar refractivity (Wildman–Crippen MR) is 70.3 cm³/mol. The van der Waals surface area contributed by atoms with E-state index in [4.69, 9.17) is 0 Å². The molecule has 1 amide bonds. The lowest BCUT2D eigenvalue weighted by molar-refractivity contribution is -0.137. The molecule has 1 unspecified atom stereocenters. The van der Waals surface area contributed by atoms with Crippen LogP contribution in [0, 0.1) is 11.7 Å². The summed E-state index contributed by atoms with van der Waals surface area (Å²) < 4.78 is 51.5. The van der Waals surface area contributed by atoms with Crippen LogP contribution in [0.2, 0.25) is 0 Å². The van der Waals surface area contributed by atoms with Gasteiger partial charge in [0.05, 0.1) is 11.1 Å². The zero-order valence-electron chi connectivity index (χ0n) is 11.6. The summed E-state index contributed by atoms with van der Waals surface area (Å²) in [5.74, 6) is -1.16. The minimum atomic E-state index is -4.60. The van der Waals surface area contributed by atoms with E-state index in [1.165, 1.54) is 0 Å². The van der Waals surface area contributed by atoms with Gasteiger partial charge in [-0.3, -0.25) is 4.79 Å². The van der Waals surface area contributed by atoms with Crippen molar-refractivity contribution in [1.29, 1.82) is 0 Å². The Labute approximate surface area is 120 Å². The third-order valence-corrected chi connectivity index (χ3v) is 3.68. The zero-order chi connectivity index (χ0) is 15.6. The molecule has 1 saturated carbocycles. The van der Waals surface area contributed by atoms with Crippen LogP contribution in [0.3, 0.4) is 0 Å². The zero-order valence-corrected chi connectivity index (χ0v) is 11.6. The van der Waals surface area contributed by atoms with Crippen LogP contribution in [0.15, 0.2) is 18.2 Å². The Kier molecular flexibility index (Phi) is 4.54. The molecule has 1 aliphatic carbocycles. The molecule has 1 aliphatic rings. The van der Waals surface area contributed by atoms with Crippen LogP contribution in [-0.2, 0) is 6.18 Å². The fourth-order valence-corrected chi connectivity index (χ4v) is 2.22. The first-order chi connectivity index (χ1) is 9.81. The number of carbonyl (C=O) groups excluding carboxylic acids is 1. The van der Waals surface area contributed by atoms with Crippen molar-refractivity contribution in [3.05, 3.63) is 35.1 Å². The molecule has 1 atom stereocenters. The second kappa shape index (κ2) is 6.03. The summed E-state index contributed by atoms with van der Waals surface area (Å²) in [6.45, 7) is 1.88. The van der Waals surface area contributed by atoms with Gasteiger partial charge in [-0.15, -0.1) is 0 Å². The molecule has 0 aliphatic heterocycles. The summed E-state index contributed by atoms with van der Waals surface area (Å²) in [5.41, 5.74) is -1.58. The number of rotatable bonds is 5. The third kappa shape index (κ3) is 4.19. The standard InChI is InChI=1S/C15H17F4NO/c1-2-11(7-9-3-4-9)20-14(21)12-8-10(15(17,18)19)5-6-13(12)16/h5-6,8-9,11H,2-4,7H2,1H3,(H,20,21). The van der Waals surface area contributed by atoms with Crippen molar-refractivity contribution in [2.75, 3.05) is 0 Å². The van der Waals surface area contributed by atoms with Crippen molar-refractivity contribution in [2.45, 2.75) is 44.8 Å². The summed E-state index contributed by atoms with van der Waals surface area (Å²) in [7, 11) is 0. The highest BCUT2D eigenvalue weighted by atomic mass is 19.4. The Morgan fingerprint density at radius 2 is 2.05 bits per heavy atom. The quantitative estimate of drug-likeness (QED) is 0.813. The molecule has 0 aromatic heterocycles. The molecular formula is C15H17F4NO. The summed E-state index contributed by atoms with van der Waals surface area (Å²) in [4.78, 5) is 12.0. The number of alkyl halides is 3. The van der Waals surface area contributed by atoms with Crippen LogP contribution < -0.4 is 5.32 Å². The van der Waals surface area contributed by atoms with E-state index in [0.29, 0.717) is 30.5 Å². The molecule has 0 saturated heterocycles. The molecule has 116 valence electrons. The molecule has 2 nitrogen and oxygen atoms in total. The van der Waals surface area contributed by atoms with E-state index < -0.39 is 29.0 Å². The van der Waals surface area contributed by atoms with Crippen LogP contribution in [0.1, 0.15) is 48.5 Å². The Morgan fingerprint density at radius 1 is 1.38 bits per heavy atom. The molecule has 1 fully saturated rings. The van der Waals surface area contributed by atoms with Gasteiger partial charge in [-0.25, -0.2) is 4.39 Å². The fraction of sp³-hybridized carbons (Fsp3) is 0.533. The maximum atomic E-state index is 13.6. The lowest BCUT2D eigenvalue weighted by Crippen LogP contribution is -2.35. The van der Waals surface area contributed by atoms with E-state index in [1.54, 1.807) is 0 Å². The number of carbonyl (C=O) groups is 1. The van der Waals surface area contributed by atoms with E-state index in [9.17, 15) is 22.4 Å². The predicted octanol–water partition coefficient (Wildman–Crippen LogP) is 4.15. The van der Waals surface area contributed by atoms with Crippen molar-refractivity contribution in [3.63, 3.8) is 0 Å². The third-order valence-electron chi connectivity index (χ3n) is 3.68. The molecule has 1 aromatic carbocycles. The normalized spacial score (nSPS) is 16.6. The molecule has 0 radical (unpaired) electrons.